The van der Waals surface area contributed by atoms with Gasteiger partial charge in [-0.1, -0.05) is 42.5 Å². The zero-order chi connectivity index (χ0) is 23.8. The van der Waals surface area contributed by atoms with Crippen molar-refractivity contribution in [3.63, 3.8) is 0 Å². The van der Waals surface area contributed by atoms with Crippen molar-refractivity contribution >= 4 is 11.6 Å². The number of nitrogens with zero attached hydrogens (tertiary/aromatic N) is 2. The summed E-state index contributed by atoms with van der Waals surface area (Å²) < 4.78 is 33.0. The maximum atomic E-state index is 13.4. The second-order valence-corrected chi connectivity index (χ2v) is 8.39. The molecule has 3 aromatic carbocycles. The monoisotopic (exact) mass is 465 g/mol. The van der Waals surface area contributed by atoms with E-state index in [1.165, 1.54) is 24.3 Å². The second kappa shape index (κ2) is 11.8. The first-order valence-corrected chi connectivity index (χ1v) is 11.5. The van der Waals surface area contributed by atoms with Crippen molar-refractivity contribution in [3.05, 3.63) is 102 Å². The van der Waals surface area contributed by atoms with Crippen LogP contribution in [0, 0.1) is 11.6 Å². The summed E-state index contributed by atoms with van der Waals surface area (Å²) in [7, 11) is 0. The minimum absolute atomic E-state index is 0.00980. The molecular formula is C27H29F2N3O2. The molecule has 0 unspecified atom stereocenters. The molecule has 5 nitrogen and oxygen atoms in total. The maximum Gasteiger partial charge on any atom is 0.238 e. The van der Waals surface area contributed by atoms with Crippen LogP contribution in [0.1, 0.15) is 17.2 Å². The van der Waals surface area contributed by atoms with Crippen LogP contribution in [0.5, 0.6) is 0 Å². The Morgan fingerprint density at radius 1 is 0.794 bits per heavy atom. The molecule has 0 bridgehead atoms. The van der Waals surface area contributed by atoms with Gasteiger partial charge < -0.3 is 10.1 Å². The van der Waals surface area contributed by atoms with Crippen LogP contribution in [0.3, 0.4) is 0 Å². The van der Waals surface area contributed by atoms with Crippen molar-refractivity contribution in [2.75, 3.05) is 51.2 Å². The van der Waals surface area contributed by atoms with Crippen molar-refractivity contribution in [1.29, 1.82) is 0 Å². The Balaban J connectivity index is 1.24. The number of carbonyl (C=O) groups excluding carboxylic acids is 1. The minimum Gasteiger partial charge on any atom is -0.367 e. The molecule has 3 aromatic rings. The highest BCUT2D eigenvalue weighted by Crippen LogP contribution is 2.26. The van der Waals surface area contributed by atoms with Crippen LogP contribution in [-0.4, -0.2) is 61.6 Å². The molecule has 0 spiro atoms. The standard InChI is InChI=1S/C27H29F2N3O2/c28-23-10-6-21(7-11-23)27(22-8-12-24(29)13-9-22)34-19-18-31-14-16-32(17-15-31)20-26(33)30-25-4-2-1-3-5-25/h1-13,27H,14-20H2,(H,30,33). The van der Waals surface area contributed by atoms with E-state index in [1.807, 2.05) is 30.3 Å². The molecule has 1 aliphatic rings. The van der Waals surface area contributed by atoms with Crippen molar-refractivity contribution < 1.29 is 18.3 Å². The number of piperazine rings is 1. The number of ether oxygens (including phenoxy) is 1. The van der Waals surface area contributed by atoms with Gasteiger partial charge in [-0.15, -0.1) is 0 Å². The zero-order valence-corrected chi connectivity index (χ0v) is 19.0. The highest BCUT2D eigenvalue weighted by Gasteiger charge is 2.20. The van der Waals surface area contributed by atoms with Crippen molar-refractivity contribution in [2.24, 2.45) is 0 Å². The third kappa shape index (κ3) is 6.93. The maximum absolute atomic E-state index is 13.4. The number of halogens is 2. The Labute approximate surface area is 198 Å². The number of anilines is 1. The molecule has 1 fully saturated rings. The predicted octanol–water partition coefficient (Wildman–Crippen LogP) is 4.33. The van der Waals surface area contributed by atoms with Crippen molar-refractivity contribution in [1.82, 2.24) is 9.80 Å². The molecule has 4 rings (SSSR count). The van der Waals surface area contributed by atoms with Gasteiger partial charge in [-0.3, -0.25) is 14.6 Å². The van der Waals surface area contributed by atoms with E-state index in [-0.39, 0.29) is 17.5 Å². The summed E-state index contributed by atoms with van der Waals surface area (Å²) in [6, 6.07) is 21.9. The molecule has 0 aliphatic carbocycles. The first-order chi connectivity index (χ1) is 16.6. The first kappa shape index (κ1) is 24.0. The number of nitrogens with one attached hydrogen (secondary N) is 1. The molecule has 1 saturated heterocycles. The smallest absolute Gasteiger partial charge is 0.238 e. The molecule has 1 heterocycles. The van der Waals surface area contributed by atoms with E-state index < -0.39 is 6.10 Å². The van der Waals surface area contributed by atoms with Gasteiger partial charge in [0.05, 0.1) is 13.2 Å². The summed E-state index contributed by atoms with van der Waals surface area (Å²) in [4.78, 5) is 16.7. The molecule has 34 heavy (non-hydrogen) atoms. The quantitative estimate of drug-likeness (QED) is 0.511. The SMILES string of the molecule is O=C(CN1CCN(CCOC(c2ccc(F)cc2)c2ccc(F)cc2)CC1)Nc1ccccc1. The van der Waals surface area contributed by atoms with Gasteiger partial charge >= 0.3 is 0 Å². The minimum atomic E-state index is -0.399. The van der Waals surface area contributed by atoms with Gasteiger partial charge in [0, 0.05) is 38.4 Å². The van der Waals surface area contributed by atoms with Crippen LogP contribution in [0.4, 0.5) is 14.5 Å². The lowest BCUT2D eigenvalue weighted by molar-refractivity contribution is -0.117. The van der Waals surface area contributed by atoms with E-state index >= 15 is 0 Å². The van der Waals surface area contributed by atoms with Crippen LogP contribution < -0.4 is 5.32 Å². The Bertz CT molecular complexity index is 992. The van der Waals surface area contributed by atoms with Gasteiger partial charge in [0.1, 0.15) is 17.7 Å². The fourth-order valence-corrected chi connectivity index (χ4v) is 4.06. The molecule has 0 radical (unpaired) electrons. The van der Waals surface area contributed by atoms with Crippen LogP contribution >= 0.6 is 0 Å². The number of benzene rings is 3. The average molecular weight is 466 g/mol. The lowest BCUT2D eigenvalue weighted by atomic mass is 10.0. The summed E-state index contributed by atoms with van der Waals surface area (Å²) in [5.74, 6) is -0.627. The van der Waals surface area contributed by atoms with Crippen molar-refractivity contribution in [3.8, 4) is 0 Å². The van der Waals surface area contributed by atoms with E-state index in [2.05, 4.69) is 15.1 Å². The summed E-state index contributed by atoms with van der Waals surface area (Å²) in [6.07, 6.45) is -0.399. The van der Waals surface area contributed by atoms with Crippen LogP contribution in [-0.2, 0) is 9.53 Å². The summed E-state index contributed by atoms with van der Waals surface area (Å²) in [6.45, 7) is 4.90. The number of rotatable bonds is 9. The highest BCUT2D eigenvalue weighted by atomic mass is 19.1. The largest absolute Gasteiger partial charge is 0.367 e. The molecule has 0 aromatic heterocycles. The van der Waals surface area contributed by atoms with E-state index in [0.29, 0.717) is 13.2 Å². The average Bonchev–Trinajstić information content (AvgIpc) is 2.85. The van der Waals surface area contributed by atoms with Crippen molar-refractivity contribution in [2.45, 2.75) is 6.10 Å². The number of amides is 1. The number of carbonyl (C=O) groups is 1. The second-order valence-electron chi connectivity index (χ2n) is 8.39. The van der Waals surface area contributed by atoms with E-state index in [9.17, 15) is 13.6 Å². The molecular weight excluding hydrogens is 436 g/mol. The van der Waals surface area contributed by atoms with Gasteiger partial charge in [0.15, 0.2) is 0 Å². The molecule has 1 N–H and O–H groups in total. The molecule has 7 heteroatoms. The lowest BCUT2D eigenvalue weighted by Crippen LogP contribution is -2.49. The van der Waals surface area contributed by atoms with Crippen LogP contribution in [0.2, 0.25) is 0 Å². The molecule has 1 amide bonds. The Morgan fingerprint density at radius 2 is 1.32 bits per heavy atom. The van der Waals surface area contributed by atoms with Gasteiger partial charge in [-0.2, -0.15) is 0 Å². The Morgan fingerprint density at radius 3 is 1.88 bits per heavy atom. The van der Waals surface area contributed by atoms with Gasteiger partial charge in [0.2, 0.25) is 5.91 Å². The zero-order valence-electron chi connectivity index (χ0n) is 19.0. The fourth-order valence-electron chi connectivity index (χ4n) is 4.06. The molecule has 0 atom stereocenters. The lowest BCUT2D eigenvalue weighted by Gasteiger charge is -2.34. The third-order valence-corrected chi connectivity index (χ3v) is 5.93. The van der Waals surface area contributed by atoms with Gasteiger partial charge in [-0.05, 0) is 47.5 Å². The fraction of sp³-hybridized carbons (Fsp3) is 0.296. The Hall–Kier alpha value is -3.13. The summed E-state index contributed by atoms with van der Waals surface area (Å²) in [5.41, 5.74) is 2.45. The van der Waals surface area contributed by atoms with Gasteiger partial charge in [-0.25, -0.2) is 8.78 Å². The molecule has 0 saturated carbocycles. The van der Waals surface area contributed by atoms with E-state index in [0.717, 1.165) is 49.5 Å². The number of hydrogen-bond donors (Lipinski definition) is 1. The molecule has 1 aliphatic heterocycles. The normalized spacial score (nSPS) is 14.9. The van der Waals surface area contributed by atoms with Crippen LogP contribution in [0.15, 0.2) is 78.9 Å². The highest BCUT2D eigenvalue weighted by molar-refractivity contribution is 5.92. The van der Waals surface area contributed by atoms with Gasteiger partial charge in [0.25, 0.3) is 0 Å². The van der Waals surface area contributed by atoms with E-state index in [4.69, 9.17) is 4.74 Å². The summed E-state index contributed by atoms with van der Waals surface area (Å²) >= 11 is 0. The van der Waals surface area contributed by atoms with E-state index in [1.54, 1.807) is 24.3 Å². The Kier molecular flexibility index (Phi) is 8.36. The third-order valence-electron chi connectivity index (χ3n) is 5.93. The number of hydrogen-bond acceptors (Lipinski definition) is 4. The molecule has 178 valence electrons. The number of para-hydroxylation sites is 1. The first-order valence-electron chi connectivity index (χ1n) is 11.5. The summed E-state index contributed by atoms with van der Waals surface area (Å²) in [5, 5.41) is 2.92. The predicted molar refractivity (Wildman–Crippen MR) is 129 cm³/mol. The topological polar surface area (TPSA) is 44.8 Å². The van der Waals surface area contributed by atoms with Crippen LogP contribution in [0.25, 0.3) is 0 Å².